The summed E-state index contributed by atoms with van der Waals surface area (Å²) in [6.45, 7) is 1.12. The predicted octanol–water partition coefficient (Wildman–Crippen LogP) is 1.22. The van der Waals surface area contributed by atoms with Gasteiger partial charge in [0.1, 0.15) is 9.79 Å². The van der Waals surface area contributed by atoms with Gasteiger partial charge in [0.2, 0.25) is 35.7 Å². The summed E-state index contributed by atoms with van der Waals surface area (Å²) < 4.78 is 135. The number of aromatic nitrogens is 6. The van der Waals surface area contributed by atoms with E-state index in [4.69, 9.17) is 0 Å². The first-order chi connectivity index (χ1) is 31.0. The lowest BCUT2D eigenvalue weighted by atomic mass is 9.99. The number of nitrogens with one attached hydrogen (secondary N) is 4. The van der Waals surface area contributed by atoms with Crippen molar-refractivity contribution in [2.75, 3.05) is 95.1 Å². The number of nitrogens with zero attached hydrogens (tertiary/aromatic N) is 8. The summed E-state index contributed by atoms with van der Waals surface area (Å²) in [6, 6.07) is 7.44. The highest BCUT2D eigenvalue weighted by Gasteiger charge is 2.25. The zero-order chi connectivity index (χ0) is 47.9. The van der Waals surface area contributed by atoms with Crippen LogP contribution in [0.4, 0.5) is 47.1 Å². The van der Waals surface area contributed by atoms with Crippen molar-refractivity contribution in [2.45, 2.75) is 35.5 Å². The molecule has 2 fully saturated rings. The Bertz CT molecular complexity index is 2680. The Morgan fingerprint density at radius 2 is 0.939 bits per heavy atom. The van der Waals surface area contributed by atoms with Crippen LogP contribution in [0.15, 0.2) is 46.2 Å². The quantitative estimate of drug-likeness (QED) is 0.0439. The van der Waals surface area contributed by atoms with Crippen molar-refractivity contribution >= 4 is 99.7 Å². The van der Waals surface area contributed by atoms with Crippen LogP contribution >= 0.6 is 0 Å². The molecule has 26 nitrogen and oxygen atoms in total. The number of anilines is 8. The molecule has 4 aromatic rings. The minimum Gasteiger partial charge on any atom is -0.396 e. The van der Waals surface area contributed by atoms with E-state index < -0.39 is 61.8 Å². The minimum atomic E-state index is -4.96. The van der Waals surface area contributed by atoms with Crippen molar-refractivity contribution in [2.24, 2.45) is 11.8 Å². The highest BCUT2D eigenvalue weighted by Crippen LogP contribution is 2.30. The standard InChI is InChI=1S/C36H48N12O14S4/c49-21-23-3-1-13-47(19-23)35-43-31(37-11-15-63(51,52)53)41-33(45-35)39-27-9-7-25(29(17-27)65(57,58)59)5-6-26-8-10-28(18-30(26)66(60,61)62)40-34-42-32(38-12-16-64(54,55)56)44-36(46-34)48-14-2-4-24(20-48)22-50/h5-10,17-18,23-24,49-50H,1-4,11-16,19-22H2,(H,51,52,53)(H,54,55,56)(H,57,58,59)(H,60,61,62)(H2,37,39,41,43,45)(H2,38,40,42,44,46)/b6-5+. The lowest BCUT2D eigenvalue weighted by Gasteiger charge is -2.32. The van der Waals surface area contributed by atoms with E-state index in [9.17, 15) is 62.1 Å². The third-order valence-corrected chi connectivity index (χ3v) is 13.5. The molecule has 0 amide bonds. The normalized spacial score (nSPS) is 17.5. The summed E-state index contributed by atoms with van der Waals surface area (Å²) in [5, 5.41) is 30.6. The fraction of sp³-hybridized carbons (Fsp3) is 0.444. The van der Waals surface area contributed by atoms with Gasteiger partial charge in [0.05, 0.1) is 11.5 Å². The number of piperidine rings is 2. The van der Waals surface area contributed by atoms with E-state index in [2.05, 4.69) is 51.2 Å². The number of aliphatic hydroxyl groups excluding tert-OH is 2. The van der Waals surface area contributed by atoms with Gasteiger partial charge in [-0.05, 0) is 72.9 Å². The van der Waals surface area contributed by atoms with Gasteiger partial charge in [-0.2, -0.15) is 63.6 Å². The van der Waals surface area contributed by atoms with Gasteiger partial charge in [-0.3, -0.25) is 18.2 Å². The first kappa shape index (κ1) is 50.0. The second-order valence-electron chi connectivity index (χ2n) is 15.3. The van der Waals surface area contributed by atoms with Crippen LogP contribution in [0, 0.1) is 11.8 Å². The van der Waals surface area contributed by atoms with E-state index in [1.807, 2.05) is 0 Å². The lowest BCUT2D eigenvalue weighted by Crippen LogP contribution is -2.38. The van der Waals surface area contributed by atoms with Crippen LogP contribution in [0.25, 0.3) is 12.2 Å². The van der Waals surface area contributed by atoms with Crippen molar-refractivity contribution in [1.82, 2.24) is 29.9 Å². The molecule has 0 saturated carbocycles. The van der Waals surface area contributed by atoms with E-state index >= 15 is 0 Å². The van der Waals surface area contributed by atoms with Crippen molar-refractivity contribution in [3.8, 4) is 0 Å². The van der Waals surface area contributed by atoms with Crippen molar-refractivity contribution < 1.29 is 62.1 Å². The molecular weight excluding hydrogens is 953 g/mol. The summed E-state index contributed by atoms with van der Waals surface area (Å²) >= 11 is 0. The van der Waals surface area contributed by atoms with Gasteiger partial charge in [0, 0.05) is 63.9 Å². The van der Waals surface area contributed by atoms with Crippen LogP contribution in [0.1, 0.15) is 36.8 Å². The Labute approximate surface area is 380 Å². The molecule has 10 N–H and O–H groups in total. The molecule has 4 heterocycles. The molecular formula is C36H48N12O14S4. The third kappa shape index (κ3) is 14.5. The van der Waals surface area contributed by atoms with Gasteiger partial charge >= 0.3 is 0 Å². The lowest BCUT2D eigenvalue weighted by molar-refractivity contribution is 0.208. The van der Waals surface area contributed by atoms with Crippen LogP contribution in [0.5, 0.6) is 0 Å². The fourth-order valence-corrected chi connectivity index (χ4v) is 9.18. The van der Waals surface area contributed by atoms with Gasteiger partial charge in [-0.1, -0.05) is 24.3 Å². The smallest absolute Gasteiger partial charge is 0.295 e. The average Bonchev–Trinajstić information content (AvgIpc) is 3.24. The summed E-state index contributed by atoms with van der Waals surface area (Å²) in [7, 11) is -18.6. The van der Waals surface area contributed by atoms with E-state index in [-0.39, 0.29) is 96.3 Å². The third-order valence-electron chi connectivity index (χ3n) is 10.2. The molecule has 2 aromatic heterocycles. The topological polar surface area (TPSA) is 390 Å². The van der Waals surface area contributed by atoms with E-state index in [1.165, 1.54) is 36.4 Å². The van der Waals surface area contributed by atoms with E-state index in [0.717, 1.165) is 25.0 Å². The highest BCUT2D eigenvalue weighted by molar-refractivity contribution is 7.86. The maximum atomic E-state index is 12.7. The maximum Gasteiger partial charge on any atom is 0.295 e. The molecule has 2 aliphatic rings. The zero-order valence-electron chi connectivity index (χ0n) is 34.8. The minimum absolute atomic E-state index is 0.0496. The van der Waals surface area contributed by atoms with Crippen LogP contribution in [0.2, 0.25) is 0 Å². The number of benzene rings is 2. The molecule has 360 valence electrons. The van der Waals surface area contributed by atoms with Gasteiger partial charge in [0.15, 0.2) is 0 Å². The second-order valence-corrected chi connectivity index (χ2v) is 21.2. The van der Waals surface area contributed by atoms with Gasteiger partial charge in [-0.15, -0.1) is 0 Å². The fourth-order valence-electron chi connectivity index (χ4n) is 7.04. The zero-order valence-corrected chi connectivity index (χ0v) is 38.1. The molecule has 0 aliphatic carbocycles. The first-order valence-electron chi connectivity index (χ1n) is 20.1. The van der Waals surface area contributed by atoms with Crippen LogP contribution in [0.3, 0.4) is 0 Å². The highest BCUT2D eigenvalue weighted by atomic mass is 32.2. The van der Waals surface area contributed by atoms with E-state index in [0.29, 0.717) is 39.0 Å². The van der Waals surface area contributed by atoms with Gasteiger partial charge in [0.25, 0.3) is 40.5 Å². The Morgan fingerprint density at radius 3 is 1.29 bits per heavy atom. The first-order valence-corrected chi connectivity index (χ1v) is 26.2. The molecule has 2 aromatic carbocycles. The van der Waals surface area contributed by atoms with Crippen molar-refractivity contribution in [3.05, 3.63) is 47.5 Å². The number of rotatable bonds is 20. The summed E-state index contributed by atoms with van der Waals surface area (Å²) in [5.74, 6) is -1.61. The molecule has 2 aliphatic heterocycles. The van der Waals surface area contributed by atoms with E-state index in [1.54, 1.807) is 9.80 Å². The SMILES string of the molecule is O=S(=O)(O)CCNc1nc(Nc2ccc(/C=C/c3ccc(Nc4nc(NCCS(=O)(=O)O)nc(N5CCCC(CO)C5)n4)cc3S(=O)(=O)O)c(S(=O)(=O)O)c2)nc(N2CCCC(CO)C2)n1. The summed E-state index contributed by atoms with van der Waals surface area (Å²) in [5.41, 5.74) is -0.138. The van der Waals surface area contributed by atoms with Crippen molar-refractivity contribution in [1.29, 1.82) is 0 Å². The van der Waals surface area contributed by atoms with Crippen LogP contribution in [-0.4, -0.2) is 156 Å². The molecule has 2 unspecified atom stereocenters. The Kier molecular flexibility index (Phi) is 15.9. The average molecular weight is 1000 g/mol. The Hall–Kier alpha value is -5.44. The Morgan fingerprint density at radius 1 is 0.561 bits per heavy atom. The van der Waals surface area contributed by atoms with Gasteiger partial charge in [-0.25, -0.2) is 0 Å². The monoisotopic (exact) mass is 1000 g/mol. The molecule has 6 rings (SSSR count). The molecule has 2 saturated heterocycles. The number of hydrogen-bond donors (Lipinski definition) is 10. The van der Waals surface area contributed by atoms with Crippen LogP contribution < -0.4 is 31.1 Å². The summed E-state index contributed by atoms with van der Waals surface area (Å²) in [6.07, 6.45) is 5.31. The molecule has 0 bridgehead atoms. The Balaban J connectivity index is 1.27. The van der Waals surface area contributed by atoms with Gasteiger partial charge < -0.3 is 41.3 Å². The largest absolute Gasteiger partial charge is 0.396 e. The molecule has 0 spiro atoms. The molecule has 66 heavy (non-hydrogen) atoms. The van der Waals surface area contributed by atoms with Crippen molar-refractivity contribution in [3.63, 3.8) is 0 Å². The molecule has 2 atom stereocenters. The predicted molar refractivity (Wildman–Crippen MR) is 242 cm³/mol. The molecule has 0 radical (unpaired) electrons. The number of aliphatic hydroxyl groups is 2. The maximum absolute atomic E-state index is 12.7. The summed E-state index contributed by atoms with van der Waals surface area (Å²) in [4.78, 5) is 28.3. The number of hydrogen-bond acceptors (Lipinski definition) is 22. The molecule has 30 heteroatoms. The second kappa shape index (κ2) is 21.0. The van der Waals surface area contributed by atoms with Crippen LogP contribution in [-0.2, 0) is 40.5 Å².